The lowest BCUT2D eigenvalue weighted by Gasteiger charge is -2.07. The third-order valence-corrected chi connectivity index (χ3v) is 3.22. The number of hydrogen-bond donors (Lipinski definition) is 0. The molecule has 0 saturated heterocycles. The molecule has 0 aliphatic rings. The predicted octanol–water partition coefficient (Wildman–Crippen LogP) is 3.68. The van der Waals surface area contributed by atoms with Gasteiger partial charge < -0.3 is 4.57 Å². The van der Waals surface area contributed by atoms with Gasteiger partial charge in [-0.3, -0.25) is 0 Å². The molecule has 0 radical (unpaired) electrons. The molecule has 1 heterocycles. The lowest BCUT2D eigenvalue weighted by atomic mass is 9.98. The molecule has 0 aliphatic heterocycles. The summed E-state index contributed by atoms with van der Waals surface area (Å²) in [6.45, 7) is 4.37. The molecular weight excluding hydrogens is 220 g/mol. The Morgan fingerprint density at radius 2 is 1.94 bits per heavy atom. The van der Waals surface area contributed by atoms with Crippen molar-refractivity contribution in [1.82, 2.24) is 9.55 Å². The van der Waals surface area contributed by atoms with Crippen molar-refractivity contribution in [3.63, 3.8) is 0 Å². The average molecular weight is 240 g/mol. The Morgan fingerprint density at radius 1 is 1.22 bits per heavy atom. The van der Waals surface area contributed by atoms with E-state index in [9.17, 15) is 0 Å². The zero-order chi connectivity index (χ0) is 13.0. The fourth-order valence-corrected chi connectivity index (χ4v) is 2.19. The Kier molecular flexibility index (Phi) is 3.98. The van der Waals surface area contributed by atoms with Crippen LogP contribution in [0, 0.1) is 13.8 Å². The maximum absolute atomic E-state index is 4.27. The molecule has 0 saturated carbocycles. The lowest BCUT2D eigenvalue weighted by Crippen LogP contribution is -1.92. The summed E-state index contributed by atoms with van der Waals surface area (Å²) in [4.78, 5) is 4.27. The average Bonchev–Trinajstić information content (AvgIpc) is 2.73. The number of benzene rings is 1. The minimum Gasteiger partial charge on any atom is -0.340 e. The number of imidazole rings is 1. The second-order valence-electron chi connectivity index (χ2n) is 4.78. The van der Waals surface area contributed by atoms with E-state index in [0.29, 0.717) is 0 Å². The van der Waals surface area contributed by atoms with Gasteiger partial charge in [0.2, 0.25) is 0 Å². The van der Waals surface area contributed by atoms with Gasteiger partial charge in [0.25, 0.3) is 0 Å². The van der Waals surface area contributed by atoms with Gasteiger partial charge in [-0.1, -0.05) is 24.3 Å². The van der Waals surface area contributed by atoms with Crippen LogP contribution in [0.1, 0.15) is 28.8 Å². The van der Waals surface area contributed by atoms with Crippen molar-refractivity contribution in [3.05, 3.63) is 59.2 Å². The van der Waals surface area contributed by atoms with E-state index in [1.807, 2.05) is 24.1 Å². The number of aryl methyl sites for hydroxylation is 3. The molecule has 0 atom stereocenters. The van der Waals surface area contributed by atoms with Crippen LogP contribution < -0.4 is 0 Å². The van der Waals surface area contributed by atoms with Crippen molar-refractivity contribution in [2.75, 3.05) is 0 Å². The first kappa shape index (κ1) is 12.6. The van der Waals surface area contributed by atoms with E-state index in [4.69, 9.17) is 0 Å². The zero-order valence-corrected chi connectivity index (χ0v) is 11.4. The third kappa shape index (κ3) is 3.10. The van der Waals surface area contributed by atoms with Gasteiger partial charge in [0.15, 0.2) is 0 Å². The van der Waals surface area contributed by atoms with Gasteiger partial charge in [0.05, 0.1) is 12.0 Å². The highest BCUT2D eigenvalue weighted by Gasteiger charge is 2.00. The molecule has 2 rings (SSSR count). The lowest BCUT2D eigenvalue weighted by molar-refractivity contribution is 0.913. The van der Waals surface area contributed by atoms with Crippen molar-refractivity contribution in [2.45, 2.75) is 26.7 Å². The van der Waals surface area contributed by atoms with Crippen molar-refractivity contribution in [1.29, 1.82) is 0 Å². The molecule has 2 heteroatoms. The summed E-state index contributed by atoms with van der Waals surface area (Å²) in [5.74, 6) is 0. The van der Waals surface area contributed by atoms with E-state index in [2.05, 4.69) is 49.2 Å². The molecule has 0 bridgehead atoms. The van der Waals surface area contributed by atoms with Crippen LogP contribution in [0.3, 0.4) is 0 Å². The number of hydrogen-bond acceptors (Lipinski definition) is 1. The third-order valence-electron chi connectivity index (χ3n) is 3.22. The minimum absolute atomic E-state index is 1.03. The van der Waals surface area contributed by atoms with E-state index in [0.717, 1.165) is 18.5 Å². The molecule has 0 aliphatic carbocycles. The van der Waals surface area contributed by atoms with E-state index in [1.165, 1.54) is 16.7 Å². The fourth-order valence-electron chi connectivity index (χ4n) is 2.19. The number of nitrogens with zero attached hydrogens (tertiary/aromatic N) is 2. The Hall–Kier alpha value is -1.83. The standard InChI is InChI=1S/C16H20N2/c1-13-7-6-8-14(2)16(13)10-5-4-9-15-11-18(3)12-17-15/h4,6-9,11-12H,5,10H2,1-3H3. The molecule has 0 amide bonds. The van der Waals surface area contributed by atoms with Gasteiger partial charge in [0.1, 0.15) is 0 Å². The topological polar surface area (TPSA) is 17.8 Å². The van der Waals surface area contributed by atoms with E-state index < -0.39 is 0 Å². The summed E-state index contributed by atoms with van der Waals surface area (Å²) in [5.41, 5.74) is 5.28. The van der Waals surface area contributed by atoms with Crippen LogP contribution in [-0.4, -0.2) is 9.55 Å². The molecular formula is C16H20N2. The SMILES string of the molecule is Cc1cccc(C)c1CCC=Cc1cn(C)cn1. The first-order valence-corrected chi connectivity index (χ1v) is 6.36. The molecule has 0 spiro atoms. The molecule has 94 valence electrons. The van der Waals surface area contributed by atoms with E-state index in [1.54, 1.807) is 0 Å². The Bertz CT molecular complexity index is 530. The number of allylic oxidation sites excluding steroid dienone is 1. The van der Waals surface area contributed by atoms with Crippen molar-refractivity contribution >= 4 is 6.08 Å². The Labute approximate surface area is 109 Å². The van der Waals surface area contributed by atoms with Gasteiger partial charge in [0, 0.05) is 13.2 Å². The summed E-state index contributed by atoms with van der Waals surface area (Å²) in [5, 5.41) is 0. The van der Waals surface area contributed by atoms with Crippen LogP contribution in [0.2, 0.25) is 0 Å². The highest BCUT2D eigenvalue weighted by atomic mass is 15.0. The normalized spacial score (nSPS) is 11.3. The molecule has 0 unspecified atom stereocenters. The molecule has 18 heavy (non-hydrogen) atoms. The maximum atomic E-state index is 4.27. The highest BCUT2D eigenvalue weighted by Crippen LogP contribution is 2.15. The summed E-state index contributed by atoms with van der Waals surface area (Å²) in [7, 11) is 1.99. The van der Waals surface area contributed by atoms with Gasteiger partial charge >= 0.3 is 0 Å². The monoisotopic (exact) mass is 240 g/mol. The van der Waals surface area contributed by atoms with Gasteiger partial charge in [-0.15, -0.1) is 0 Å². The minimum atomic E-state index is 1.03. The van der Waals surface area contributed by atoms with Crippen molar-refractivity contribution in [2.24, 2.45) is 7.05 Å². The van der Waals surface area contributed by atoms with Crippen molar-refractivity contribution < 1.29 is 0 Å². The second kappa shape index (κ2) is 5.67. The molecule has 0 N–H and O–H groups in total. The molecule has 0 fully saturated rings. The van der Waals surface area contributed by atoms with Crippen LogP contribution in [0.5, 0.6) is 0 Å². The Morgan fingerprint density at radius 3 is 2.56 bits per heavy atom. The van der Waals surface area contributed by atoms with Gasteiger partial charge in [-0.25, -0.2) is 4.98 Å². The largest absolute Gasteiger partial charge is 0.340 e. The summed E-state index contributed by atoms with van der Waals surface area (Å²) in [6, 6.07) is 6.49. The predicted molar refractivity (Wildman–Crippen MR) is 76.5 cm³/mol. The first-order valence-electron chi connectivity index (χ1n) is 6.36. The van der Waals surface area contributed by atoms with Gasteiger partial charge in [-0.05, 0) is 49.5 Å². The number of rotatable bonds is 4. The fraction of sp³-hybridized carbons (Fsp3) is 0.312. The van der Waals surface area contributed by atoms with Crippen LogP contribution in [0.4, 0.5) is 0 Å². The highest BCUT2D eigenvalue weighted by molar-refractivity contribution is 5.43. The van der Waals surface area contributed by atoms with E-state index in [-0.39, 0.29) is 0 Å². The zero-order valence-electron chi connectivity index (χ0n) is 11.4. The number of aromatic nitrogens is 2. The first-order chi connectivity index (χ1) is 8.66. The Balaban J connectivity index is 1.94. The van der Waals surface area contributed by atoms with E-state index >= 15 is 0 Å². The van der Waals surface area contributed by atoms with Crippen LogP contribution in [-0.2, 0) is 13.5 Å². The van der Waals surface area contributed by atoms with Crippen LogP contribution in [0.25, 0.3) is 6.08 Å². The van der Waals surface area contributed by atoms with Crippen LogP contribution >= 0.6 is 0 Å². The quantitative estimate of drug-likeness (QED) is 0.797. The summed E-state index contributed by atoms with van der Waals surface area (Å²) >= 11 is 0. The summed E-state index contributed by atoms with van der Waals surface area (Å²) in [6.07, 6.45) is 10.3. The smallest absolute Gasteiger partial charge is 0.0950 e. The van der Waals surface area contributed by atoms with Gasteiger partial charge in [-0.2, -0.15) is 0 Å². The summed E-state index contributed by atoms with van der Waals surface area (Å²) < 4.78 is 1.96. The molecule has 2 aromatic rings. The van der Waals surface area contributed by atoms with Crippen molar-refractivity contribution in [3.8, 4) is 0 Å². The maximum Gasteiger partial charge on any atom is 0.0950 e. The van der Waals surface area contributed by atoms with Crippen LogP contribution in [0.15, 0.2) is 36.8 Å². The molecule has 1 aromatic heterocycles. The molecule has 1 aromatic carbocycles. The molecule has 2 nitrogen and oxygen atoms in total. The second-order valence-corrected chi connectivity index (χ2v) is 4.78.